The van der Waals surface area contributed by atoms with Crippen molar-refractivity contribution in [3.63, 3.8) is 0 Å². The molecule has 3 rings (SSSR count). The smallest absolute Gasteiger partial charge is 0.161 e. The average molecular weight is 570 g/mol. The lowest BCUT2D eigenvalue weighted by molar-refractivity contribution is 0.171. The number of para-hydroxylation sites is 1. The van der Waals surface area contributed by atoms with Crippen LogP contribution in [0.3, 0.4) is 0 Å². The number of aliphatic imine (C=N–C) groups is 1. The summed E-state index contributed by atoms with van der Waals surface area (Å²) in [6.07, 6.45) is 6.52. The summed E-state index contributed by atoms with van der Waals surface area (Å²) in [5.74, 6) is 1.56. The van der Waals surface area contributed by atoms with Gasteiger partial charge in [-0.1, -0.05) is 80.6 Å². The summed E-state index contributed by atoms with van der Waals surface area (Å²) in [6.45, 7) is 17.2. The molecular weight excluding hydrogens is 529 g/mol. The number of nitrogens with zero attached hydrogens (tertiary/aromatic N) is 3. The number of ether oxygens (including phenoxy) is 2. The van der Waals surface area contributed by atoms with E-state index in [1.165, 1.54) is 12.2 Å². The Morgan fingerprint density at radius 3 is 2.42 bits per heavy atom. The molecule has 0 atom stereocenters. The van der Waals surface area contributed by atoms with E-state index in [0.29, 0.717) is 38.0 Å². The van der Waals surface area contributed by atoms with Crippen molar-refractivity contribution in [2.45, 2.75) is 26.3 Å². The lowest BCUT2D eigenvalue weighted by Crippen LogP contribution is -2.35. The van der Waals surface area contributed by atoms with Crippen LogP contribution >= 0.6 is 11.6 Å². The molecule has 0 spiro atoms. The topological polar surface area (TPSA) is 57.5 Å². The predicted molar refractivity (Wildman–Crippen MR) is 165 cm³/mol. The Balaban J connectivity index is 0.000000840. The highest BCUT2D eigenvalue weighted by Crippen LogP contribution is 2.32. The molecule has 1 heterocycles. The lowest BCUT2D eigenvalue weighted by atomic mass is 10.1. The average Bonchev–Trinajstić information content (AvgIpc) is 2.99. The molecule has 2 aromatic rings. The van der Waals surface area contributed by atoms with Crippen molar-refractivity contribution in [3.8, 4) is 11.5 Å². The van der Waals surface area contributed by atoms with E-state index in [4.69, 9.17) is 26.2 Å². The van der Waals surface area contributed by atoms with Crippen molar-refractivity contribution in [2.24, 2.45) is 4.99 Å². The minimum atomic E-state index is -0.486. The molecule has 0 amide bonds. The fourth-order valence-electron chi connectivity index (χ4n) is 4.01. The van der Waals surface area contributed by atoms with Crippen molar-refractivity contribution in [3.05, 3.63) is 102 Å². The number of benzene rings is 2. The van der Waals surface area contributed by atoms with Crippen molar-refractivity contribution in [1.29, 1.82) is 0 Å². The zero-order chi connectivity index (χ0) is 29.2. The zero-order valence-corrected chi connectivity index (χ0v) is 24.2. The van der Waals surface area contributed by atoms with Crippen molar-refractivity contribution >= 4 is 24.0 Å². The van der Waals surface area contributed by atoms with Gasteiger partial charge in [0.15, 0.2) is 11.5 Å². The van der Waals surface area contributed by atoms with Gasteiger partial charge in [0.25, 0.3) is 0 Å². The molecule has 1 N–H and O–H groups in total. The summed E-state index contributed by atoms with van der Waals surface area (Å²) in [4.78, 5) is 8.63. The number of fused-ring (bicyclic) bond motifs is 1. The monoisotopic (exact) mass is 569 g/mol. The summed E-state index contributed by atoms with van der Waals surface area (Å²) in [5.41, 5.74) is 4.03. The van der Waals surface area contributed by atoms with E-state index in [0.717, 1.165) is 53.4 Å². The Hall–Kier alpha value is -3.39. The second-order valence-corrected chi connectivity index (χ2v) is 9.39. The van der Waals surface area contributed by atoms with Gasteiger partial charge in [0, 0.05) is 31.9 Å². The number of alkyl halides is 1. The van der Waals surface area contributed by atoms with Gasteiger partial charge in [0.2, 0.25) is 0 Å². The molecule has 0 aliphatic carbocycles. The molecule has 0 fully saturated rings. The summed E-state index contributed by atoms with van der Waals surface area (Å²) >= 11 is 6.67. The second kappa shape index (κ2) is 18.8. The van der Waals surface area contributed by atoms with Crippen LogP contribution in [-0.2, 0) is 6.54 Å². The maximum absolute atomic E-state index is 11.0. The second-order valence-electron chi connectivity index (χ2n) is 9.03. The van der Waals surface area contributed by atoms with Crippen LogP contribution in [0.25, 0.3) is 0 Å². The van der Waals surface area contributed by atoms with Crippen molar-refractivity contribution in [1.82, 2.24) is 4.90 Å². The van der Waals surface area contributed by atoms with Crippen LogP contribution in [0.5, 0.6) is 11.5 Å². The third kappa shape index (κ3) is 11.0. The molecule has 2 aromatic carbocycles. The lowest BCUT2D eigenvalue weighted by Gasteiger charge is -2.32. The summed E-state index contributed by atoms with van der Waals surface area (Å²) in [5, 5.41) is 8.34. The highest BCUT2D eigenvalue weighted by Gasteiger charge is 2.20. The number of halogens is 2. The van der Waals surface area contributed by atoms with Crippen LogP contribution in [0.2, 0.25) is 0 Å². The third-order valence-electron chi connectivity index (χ3n) is 5.97. The third-order valence-corrected chi connectivity index (χ3v) is 6.31. The molecule has 6 nitrogen and oxygen atoms in total. The van der Waals surface area contributed by atoms with Crippen LogP contribution in [0.15, 0.2) is 101 Å². The van der Waals surface area contributed by atoms with E-state index in [1.807, 2.05) is 30.3 Å². The van der Waals surface area contributed by atoms with E-state index in [2.05, 4.69) is 59.8 Å². The van der Waals surface area contributed by atoms with Gasteiger partial charge in [-0.2, -0.15) is 0 Å². The quantitative estimate of drug-likeness (QED) is 0.109. The van der Waals surface area contributed by atoms with Gasteiger partial charge < -0.3 is 19.5 Å². The van der Waals surface area contributed by atoms with Crippen LogP contribution in [0.1, 0.15) is 25.3 Å². The minimum Gasteiger partial charge on any atom is -0.486 e. The Kier molecular flexibility index (Phi) is 15.4. The molecule has 0 saturated carbocycles. The van der Waals surface area contributed by atoms with Crippen molar-refractivity contribution in [2.75, 3.05) is 51.0 Å². The van der Waals surface area contributed by atoms with E-state index in [9.17, 15) is 4.39 Å². The number of aliphatic hydroxyl groups excluding tert-OH is 1. The highest BCUT2D eigenvalue weighted by molar-refractivity contribution is 6.30. The molecule has 0 aromatic heterocycles. The number of aliphatic hydroxyl groups is 1. The van der Waals surface area contributed by atoms with Gasteiger partial charge in [0.1, 0.15) is 25.0 Å². The van der Waals surface area contributed by atoms with Gasteiger partial charge in [0.05, 0.1) is 12.3 Å². The van der Waals surface area contributed by atoms with E-state index in [-0.39, 0.29) is 6.61 Å². The molecule has 1 aliphatic rings. The molecule has 40 heavy (non-hydrogen) atoms. The molecule has 0 unspecified atom stereocenters. The minimum absolute atomic E-state index is 0.0656. The molecule has 8 heteroatoms. The Morgan fingerprint density at radius 1 is 1.10 bits per heavy atom. The molecule has 0 saturated heterocycles. The van der Waals surface area contributed by atoms with Crippen LogP contribution in [-0.4, -0.2) is 62.9 Å². The SMILES string of the molecule is C=CC(=C)CN(C/C(=C(\Cl)N=C)N(CCCC)c1ccccc1)Cc1ccc2c(c1)OCCO2.OC/C=C\CF. The van der Waals surface area contributed by atoms with Gasteiger partial charge >= 0.3 is 0 Å². The summed E-state index contributed by atoms with van der Waals surface area (Å²) in [7, 11) is 0. The Morgan fingerprint density at radius 2 is 1.82 bits per heavy atom. The molecule has 1 aliphatic heterocycles. The van der Waals surface area contributed by atoms with E-state index in [1.54, 1.807) is 6.08 Å². The first-order chi connectivity index (χ1) is 19.5. The molecule has 0 bridgehead atoms. The number of hydrogen-bond donors (Lipinski definition) is 1. The van der Waals surface area contributed by atoms with Gasteiger partial charge in [-0.25, -0.2) is 4.39 Å². The Bertz CT molecular complexity index is 1130. The fraction of sp³-hybridized carbons (Fsp3) is 0.344. The van der Waals surface area contributed by atoms with Gasteiger partial charge in [-0.05, 0) is 48.5 Å². The van der Waals surface area contributed by atoms with Gasteiger partial charge in [-0.3, -0.25) is 9.89 Å². The molecule has 216 valence electrons. The zero-order valence-electron chi connectivity index (χ0n) is 23.4. The largest absolute Gasteiger partial charge is 0.486 e. The fourth-order valence-corrected chi connectivity index (χ4v) is 4.17. The van der Waals surface area contributed by atoms with Crippen LogP contribution in [0, 0.1) is 0 Å². The van der Waals surface area contributed by atoms with Crippen LogP contribution < -0.4 is 14.4 Å². The molecular formula is C32H41ClFN3O3. The van der Waals surface area contributed by atoms with Gasteiger partial charge in [-0.15, -0.1) is 0 Å². The van der Waals surface area contributed by atoms with E-state index >= 15 is 0 Å². The normalized spacial score (nSPS) is 12.8. The standard InChI is InChI=1S/C28H34ClN3O2.C4H7FO/c1-5-7-15-32(24-11-9-8-10-12-24)25(28(29)30-4)21-31(19-22(3)6-2)20-23-13-14-26-27(18-23)34-17-16-33-26;5-3-1-2-4-6/h6,8-14,18H,2-5,7,15-17,19-21H2,1H3;1-2,6H,3-4H2/b28-25-;2-1-. The first-order valence-corrected chi connectivity index (χ1v) is 13.8. The van der Waals surface area contributed by atoms with Crippen LogP contribution in [0.4, 0.5) is 10.1 Å². The Labute approximate surface area is 243 Å². The number of allylic oxidation sites excluding steroid dienone is 1. The first-order valence-electron chi connectivity index (χ1n) is 13.4. The van der Waals surface area contributed by atoms with E-state index < -0.39 is 6.67 Å². The number of rotatable bonds is 15. The maximum atomic E-state index is 11.0. The number of anilines is 1. The summed E-state index contributed by atoms with van der Waals surface area (Å²) in [6, 6.07) is 16.4. The summed E-state index contributed by atoms with van der Waals surface area (Å²) < 4.78 is 22.4. The maximum Gasteiger partial charge on any atom is 0.161 e. The van der Waals surface area contributed by atoms with Crippen molar-refractivity contribution < 1.29 is 19.0 Å². The highest BCUT2D eigenvalue weighted by atomic mass is 35.5. The number of hydrogen-bond acceptors (Lipinski definition) is 6. The number of unbranched alkanes of at least 4 members (excludes halogenated alkanes) is 1. The first kappa shape index (κ1) is 32.8. The predicted octanol–water partition coefficient (Wildman–Crippen LogP) is 6.92. The molecule has 0 radical (unpaired) electrons.